The van der Waals surface area contributed by atoms with E-state index in [-0.39, 0.29) is 5.92 Å². The van der Waals surface area contributed by atoms with Gasteiger partial charge in [-0.1, -0.05) is 11.6 Å². The van der Waals surface area contributed by atoms with Crippen molar-refractivity contribution in [2.75, 3.05) is 18.1 Å². The van der Waals surface area contributed by atoms with E-state index in [2.05, 4.69) is 21.2 Å². The molecule has 0 saturated carbocycles. The quantitative estimate of drug-likeness (QED) is 0.900. The van der Waals surface area contributed by atoms with Crippen LogP contribution in [0.15, 0.2) is 10.5 Å². The van der Waals surface area contributed by atoms with Gasteiger partial charge < -0.3 is 5.32 Å². The molecule has 1 aromatic rings. The lowest BCUT2D eigenvalue weighted by molar-refractivity contribution is 0.522. The number of thiophene rings is 1. The van der Waals surface area contributed by atoms with E-state index >= 15 is 0 Å². The number of halogens is 2. The number of sulfone groups is 1. The molecule has 0 bridgehead atoms. The van der Waals surface area contributed by atoms with Gasteiger partial charge in [-0.15, -0.1) is 11.3 Å². The minimum Gasteiger partial charge on any atom is -0.312 e. The molecule has 3 nitrogen and oxygen atoms in total. The van der Waals surface area contributed by atoms with Crippen molar-refractivity contribution in [2.24, 2.45) is 5.92 Å². The molecule has 96 valence electrons. The van der Waals surface area contributed by atoms with Gasteiger partial charge in [0.15, 0.2) is 9.84 Å². The maximum absolute atomic E-state index is 11.3. The van der Waals surface area contributed by atoms with Crippen molar-refractivity contribution < 1.29 is 8.42 Å². The molecule has 17 heavy (non-hydrogen) atoms. The molecule has 0 aromatic carbocycles. The maximum Gasteiger partial charge on any atom is 0.150 e. The van der Waals surface area contributed by atoms with Gasteiger partial charge in [0.2, 0.25) is 0 Å². The van der Waals surface area contributed by atoms with Crippen molar-refractivity contribution in [1.82, 2.24) is 5.32 Å². The molecule has 0 radical (unpaired) electrons. The Labute approximate surface area is 119 Å². The van der Waals surface area contributed by atoms with Crippen LogP contribution in [-0.2, 0) is 16.4 Å². The Morgan fingerprint density at radius 1 is 1.59 bits per heavy atom. The lowest BCUT2D eigenvalue weighted by Gasteiger charge is -2.08. The lowest BCUT2D eigenvalue weighted by atomic mass is 10.1. The monoisotopic (exact) mass is 357 g/mol. The second kappa shape index (κ2) is 5.57. The summed E-state index contributed by atoms with van der Waals surface area (Å²) in [6.07, 6.45) is 0.782. The third kappa shape index (κ3) is 3.92. The smallest absolute Gasteiger partial charge is 0.150 e. The molecular weight excluding hydrogens is 346 g/mol. The first kappa shape index (κ1) is 13.8. The minimum absolute atomic E-state index is 0.263. The molecule has 2 rings (SSSR count). The molecule has 1 aliphatic rings. The van der Waals surface area contributed by atoms with Crippen LogP contribution < -0.4 is 5.32 Å². The summed E-state index contributed by atoms with van der Waals surface area (Å²) in [6.45, 7) is 1.50. The third-order valence-corrected chi connectivity index (χ3v) is 7.07. The van der Waals surface area contributed by atoms with Gasteiger partial charge in [0.25, 0.3) is 0 Å². The number of hydrogen-bond acceptors (Lipinski definition) is 4. The van der Waals surface area contributed by atoms with Crippen LogP contribution in [-0.4, -0.2) is 26.5 Å². The zero-order valence-electron chi connectivity index (χ0n) is 9.08. The number of rotatable bonds is 4. The summed E-state index contributed by atoms with van der Waals surface area (Å²) in [6, 6.07) is 1.99. The van der Waals surface area contributed by atoms with Gasteiger partial charge in [0.1, 0.15) is 4.34 Å². The molecule has 0 spiro atoms. The van der Waals surface area contributed by atoms with Gasteiger partial charge in [-0.2, -0.15) is 0 Å². The summed E-state index contributed by atoms with van der Waals surface area (Å²) in [4.78, 5) is 1.16. The fourth-order valence-electron chi connectivity index (χ4n) is 1.91. The molecule has 1 aliphatic heterocycles. The Hall–Kier alpha value is 0.380. The summed E-state index contributed by atoms with van der Waals surface area (Å²) >= 11 is 10.8. The van der Waals surface area contributed by atoms with Crippen LogP contribution >= 0.6 is 38.9 Å². The highest BCUT2D eigenvalue weighted by molar-refractivity contribution is 9.10. The molecule has 2 heterocycles. The Balaban J connectivity index is 1.77. The van der Waals surface area contributed by atoms with E-state index < -0.39 is 9.84 Å². The topological polar surface area (TPSA) is 46.2 Å². The molecule has 0 aliphatic carbocycles. The summed E-state index contributed by atoms with van der Waals surface area (Å²) in [5.74, 6) is 0.934. The van der Waals surface area contributed by atoms with Crippen molar-refractivity contribution in [3.05, 3.63) is 19.8 Å². The zero-order chi connectivity index (χ0) is 12.5. The number of hydrogen-bond donors (Lipinski definition) is 1. The average molecular weight is 359 g/mol. The van der Waals surface area contributed by atoms with E-state index in [0.29, 0.717) is 11.5 Å². The third-order valence-electron chi connectivity index (χ3n) is 2.76. The molecular formula is C10H13BrClNO2S2. The van der Waals surface area contributed by atoms with Crippen LogP contribution in [0.1, 0.15) is 11.3 Å². The first-order valence-electron chi connectivity index (χ1n) is 5.31. The first-order valence-corrected chi connectivity index (χ1v) is 9.12. The maximum atomic E-state index is 11.3. The molecule has 1 aromatic heterocycles. The summed E-state index contributed by atoms with van der Waals surface area (Å²) in [7, 11) is -2.76. The van der Waals surface area contributed by atoms with Gasteiger partial charge in [0, 0.05) is 15.9 Å². The molecule has 1 N–H and O–H groups in total. The SMILES string of the molecule is O=S1(=O)CCC(CNCc2cc(Br)c(Cl)s2)C1. The highest BCUT2D eigenvalue weighted by atomic mass is 79.9. The second-order valence-corrected chi connectivity index (χ2v) is 9.06. The van der Waals surface area contributed by atoms with E-state index in [1.807, 2.05) is 6.07 Å². The molecule has 7 heteroatoms. The Morgan fingerprint density at radius 2 is 2.35 bits per heavy atom. The highest BCUT2D eigenvalue weighted by Crippen LogP contribution is 2.31. The van der Waals surface area contributed by atoms with Gasteiger partial charge in [0.05, 0.1) is 11.5 Å². The summed E-state index contributed by atoms with van der Waals surface area (Å²) in [5, 5.41) is 3.29. The Bertz CT molecular complexity index is 481. The van der Waals surface area contributed by atoms with Crippen molar-refractivity contribution in [2.45, 2.75) is 13.0 Å². The summed E-state index contributed by atoms with van der Waals surface area (Å²) < 4.78 is 24.2. The van der Waals surface area contributed by atoms with Gasteiger partial charge in [-0.25, -0.2) is 8.42 Å². The first-order chi connectivity index (χ1) is 7.96. The van der Waals surface area contributed by atoms with E-state index in [4.69, 9.17) is 11.6 Å². The van der Waals surface area contributed by atoms with Crippen molar-refractivity contribution in [3.63, 3.8) is 0 Å². The van der Waals surface area contributed by atoms with Crippen LogP contribution in [0, 0.1) is 5.92 Å². The average Bonchev–Trinajstić information content (AvgIpc) is 2.72. The van der Waals surface area contributed by atoms with E-state index in [0.717, 1.165) is 33.2 Å². The predicted molar refractivity (Wildman–Crippen MR) is 75.5 cm³/mol. The molecule has 1 unspecified atom stereocenters. The van der Waals surface area contributed by atoms with E-state index in [9.17, 15) is 8.42 Å². The highest BCUT2D eigenvalue weighted by Gasteiger charge is 2.27. The van der Waals surface area contributed by atoms with Crippen LogP contribution in [0.5, 0.6) is 0 Å². The zero-order valence-corrected chi connectivity index (χ0v) is 13.1. The fraction of sp³-hybridized carbons (Fsp3) is 0.600. The molecule has 0 amide bonds. The normalized spacial score (nSPS) is 23.1. The van der Waals surface area contributed by atoms with Crippen LogP contribution in [0.3, 0.4) is 0 Å². The minimum atomic E-state index is -2.76. The van der Waals surface area contributed by atoms with Crippen molar-refractivity contribution in [3.8, 4) is 0 Å². The summed E-state index contributed by atoms with van der Waals surface area (Å²) in [5.41, 5.74) is 0. The standard InChI is InChI=1S/C10H13BrClNO2S2/c11-9-3-8(16-10(9)12)5-13-4-7-1-2-17(14,15)6-7/h3,7,13H,1-2,4-6H2. The van der Waals surface area contributed by atoms with E-state index in [1.165, 1.54) is 11.3 Å². The van der Waals surface area contributed by atoms with Crippen LogP contribution in [0.25, 0.3) is 0 Å². The Morgan fingerprint density at radius 3 is 2.88 bits per heavy atom. The van der Waals surface area contributed by atoms with Gasteiger partial charge in [-0.05, 0) is 40.9 Å². The molecule has 1 saturated heterocycles. The van der Waals surface area contributed by atoms with E-state index in [1.54, 1.807) is 0 Å². The van der Waals surface area contributed by atoms with Crippen LogP contribution in [0.4, 0.5) is 0 Å². The number of nitrogens with one attached hydrogen (secondary N) is 1. The molecule has 1 atom stereocenters. The van der Waals surface area contributed by atoms with Crippen LogP contribution in [0.2, 0.25) is 4.34 Å². The van der Waals surface area contributed by atoms with Crippen molar-refractivity contribution >= 4 is 48.7 Å². The Kier molecular flexibility index (Phi) is 4.52. The van der Waals surface area contributed by atoms with Crippen molar-refractivity contribution in [1.29, 1.82) is 0 Å². The van der Waals surface area contributed by atoms with Gasteiger partial charge in [-0.3, -0.25) is 0 Å². The van der Waals surface area contributed by atoms with Gasteiger partial charge >= 0.3 is 0 Å². The predicted octanol–water partition coefficient (Wildman–Crippen LogP) is 2.69. The fourth-order valence-corrected chi connectivity index (χ4v) is 5.53. The molecule has 1 fully saturated rings. The second-order valence-electron chi connectivity index (χ2n) is 4.23. The lowest BCUT2D eigenvalue weighted by Crippen LogP contribution is -2.22. The largest absolute Gasteiger partial charge is 0.312 e.